The third-order valence-electron chi connectivity index (χ3n) is 2.90. The summed E-state index contributed by atoms with van der Waals surface area (Å²) in [6, 6.07) is 8.10. The Morgan fingerprint density at radius 3 is 2.78 bits per heavy atom. The first kappa shape index (κ1) is 13.5. The van der Waals surface area contributed by atoms with Gasteiger partial charge in [0.15, 0.2) is 5.16 Å². The minimum absolute atomic E-state index is 0.432. The summed E-state index contributed by atoms with van der Waals surface area (Å²) in [4.78, 5) is 4.57. The van der Waals surface area contributed by atoms with E-state index >= 15 is 0 Å². The molecule has 4 nitrogen and oxygen atoms in total. The van der Waals surface area contributed by atoms with Crippen molar-refractivity contribution in [2.24, 2.45) is 0 Å². The number of para-hydroxylation sites is 2. The summed E-state index contributed by atoms with van der Waals surface area (Å²) in [5, 5.41) is 18.6. The highest BCUT2D eigenvalue weighted by molar-refractivity contribution is 7.98. The molecule has 1 aromatic carbocycles. The van der Waals surface area contributed by atoms with Gasteiger partial charge in [0, 0.05) is 6.54 Å². The van der Waals surface area contributed by atoms with Crippen molar-refractivity contribution in [1.29, 1.82) is 0 Å². The van der Waals surface area contributed by atoms with Crippen LogP contribution in [0, 0.1) is 0 Å². The van der Waals surface area contributed by atoms with Crippen LogP contribution in [0.3, 0.4) is 0 Å². The molecule has 0 atom stereocenters. The van der Waals surface area contributed by atoms with Crippen LogP contribution in [0.5, 0.6) is 0 Å². The van der Waals surface area contributed by atoms with Gasteiger partial charge in [0.05, 0.1) is 11.0 Å². The van der Waals surface area contributed by atoms with Gasteiger partial charge in [0.1, 0.15) is 0 Å². The Kier molecular flexibility index (Phi) is 4.69. The number of rotatable bonds is 6. The lowest BCUT2D eigenvalue weighted by atomic mass is 9.84. The molecule has 2 N–H and O–H groups in total. The summed E-state index contributed by atoms with van der Waals surface area (Å²) >= 11 is 1.64. The van der Waals surface area contributed by atoms with Gasteiger partial charge in [0.25, 0.3) is 0 Å². The Bertz CT molecular complexity index is 516. The van der Waals surface area contributed by atoms with Crippen molar-refractivity contribution in [1.82, 2.24) is 9.55 Å². The molecule has 1 aromatic heterocycles. The van der Waals surface area contributed by atoms with Crippen LogP contribution in [0.15, 0.2) is 29.4 Å². The van der Waals surface area contributed by atoms with Gasteiger partial charge in [-0.2, -0.15) is 0 Å². The zero-order chi connectivity index (χ0) is 13.0. The number of nitrogens with zero attached hydrogens (tertiary/aromatic N) is 2. The Labute approximate surface area is 111 Å². The van der Waals surface area contributed by atoms with E-state index in [2.05, 4.69) is 15.6 Å². The Hall–Kier alpha value is -0.975. The smallest absolute Gasteiger partial charge is 0.427 e. The minimum Gasteiger partial charge on any atom is -0.427 e. The summed E-state index contributed by atoms with van der Waals surface area (Å²) in [5.74, 6) is 0. The molecule has 2 rings (SSSR count). The van der Waals surface area contributed by atoms with Crippen LogP contribution in [-0.4, -0.2) is 33.0 Å². The van der Waals surface area contributed by atoms with E-state index in [0.717, 1.165) is 35.6 Å². The van der Waals surface area contributed by atoms with E-state index in [1.807, 2.05) is 24.5 Å². The van der Waals surface area contributed by atoms with Crippen LogP contribution in [0.2, 0.25) is 6.32 Å². The monoisotopic (exact) mass is 264 g/mol. The van der Waals surface area contributed by atoms with Gasteiger partial charge in [-0.15, -0.1) is 0 Å². The van der Waals surface area contributed by atoms with Crippen LogP contribution in [0.4, 0.5) is 0 Å². The van der Waals surface area contributed by atoms with Crippen LogP contribution < -0.4 is 0 Å². The van der Waals surface area contributed by atoms with Gasteiger partial charge in [-0.1, -0.05) is 30.3 Å². The lowest BCUT2D eigenvalue weighted by Crippen LogP contribution is -2.10. The lowest BCUT2D eigenvalue weighted by molar-refractivity contribution is 0.400. The van der Waals surface area contributed by atoms with Crippen LogP contribution in [-0.2, 0) is 6.54 Å². The molecule has 0 amide bonds. The maximum absolute atomic E-state index is 8.81. The molecule has 0 fully saturated rings. The van der Waals surface area contributed by atoms with Crippen LogP contribution in [0.25, 0.3) is 11.0 Å². The van der Waals surface area contributed by atoms with E-state index in [4.69, 9.17) is 10.0 Å². The number of hydrogen-bond donors (Lipinski definition) is 2. The molecule has 0 saturated carbocycles. The highest BCUT2D eigenvalue weighted by Crippen LogP contribution is 2.22. The highest BCUT2D eigenvalue weighted by atomic mass is 32.2. The van der Waals surface area contributed by atoms with Crippen molar-refractivity contribution in [3.63, 3.8) is 0 Å². The third kappa shape index (κ3) is 3.07. The molecule has 96 valence electrons. The molecule has 0 radical (unpaired) electrons. The Morgan fingerprint density at radius 1 is 1.28 bits per heavy atom. The largest absolute Gasteiger partial charge is 0.451 e. The second-order valence-electron chi connectivity index (χ2n) is 4.22. The normalized spacial score (nSPS) is 11.1. The second kappa shape index (κ2) is 6.27. The number of aryl methyl sites for hydroxylation is 1. The van der Waals surface area contributed by atoms with Crippen molar-refractivity contribution in [2.45, 2.75) is 30.9 Å². The fraction of sp³-hybridized carbons (Fsp3) is 0.417. The number of imidazole rings is 1. The van der Waals surface area contributed by atoms with Gasteiger partial charge in [-0.25, -0.2) is 4.98 Å². The quantitative estimate of drug-likeness (QED) is 0.476. The number of thioether (sulfide) groups is 1. The first-order valence-electron chi connectivity index (χ1n) is 6.08. The molecule has 0 saturated heterocycles. The van der Waals surface area contributed by atoms with E-state index in [-0.39, 0.29) is 0 Å². The number of aromatic nitrogens is 2. The van der Waals surface area contributed by atoms with Crippen molar-refractivity contribution in [3.05, 3.63) is 24.3 Å². The molecule has 0 aliphatic heterocycles. The topological polar surface area (TPSA) is 58.3 Å². The molecule has 18 heavy (non-hydrogen) atoms. The van der Waals surface area contributed by atoms with E-state index < -0.39 is 7.12 Å². The average Bonchev–Trinajstić information content (AvgIpc) is 2.72. The predicted molar refractivity (Wildman–Crippen MR) is 75.7 cm³/mol. The summed E-state index contributed by atoms with van der Waals surface area (Å²) in [6.07, 6.45) is 4.18. The molecule has 0 spiro atoms. The van der Waals surface area contributed by atoms with Gasteiger partial charge >= 0.3 is 7.12 Å². The van der Waals surface area contributed by atoms with Crippen molar-refractivity contribution >= 4 is 29.9 Å². The minimum atomic E-state index is -1.19. The Balaban J connectivity index is 2.10. The molecule has 6 heteroatoms. The number of unbranched alkanes of at least 4 members (excludes halogenated alkanes) is 1. The number of hydrogen-bond acceptors (Lipinski definition) is 4. The maximum atomic E-state index is 8.81. The van der Waals surface area contributed by atoms with Crippen LogP contribution in [0.1, 0.15) is 12.8 Å². The summed E-state index contributed by atoms with van der Waals surface area (Å²) in [7, 11) is -1.19. The lowest BCUT2D eigenvalue weighted by Gasteiger charge is -2.07. The Morgan fingerprint density at radius 2 is 2.06 bits per heavy atom. The van der Waals surface area contributed by atoms with Crippen molar-refractivity contribution < 1.29 is 10.0 Å². The van der Waals surface area contributed by atoms with Crippen molar-refractivity contribution in [3.8, 4) is 0 Å². The first-order chi connectivity index (χ1) is 8.72. The van der Waals surface area contributed by atoms with E-state index in [9.17, 15) is 0 Å². The fourth-order valence-corrected chi connectivity index (χ4v) is 2.62. The first-order valence-corrected chi connectivity index (χ1v) is 7.30. The van der Waals surface area contributed by atoms with Gasteiger partial charge in [-0.3, -0.25) is 0 Å². The van der Waals surface area contributed by atoms with Crippen molar-refractivity contribution in [2.75, 3.05) is 6.26 Å². The second-order valence-corrected chi connectivity index (χ2v) is 4.99. The molecule has 0 unspecified atom stereocenters. The molecule has 0 bridgehead atoms. The van der Waals surface area contributed by atoms with Gasteiger partial charge < -0.3 is 14.6 Å². The zero-order valence-electron chi connectivity index (χ0n) is 10.4. The molecule has 1 heterocycles. The summed E-state index contributed by atoms with van der Waals surface area (Å²) in [5.41, 5.74) is 2.16. The van der Waals surface area contributed by atoms with Crippen LogP contribution >= 0.6 is 11.8 Å². The van der Waals surface area contributed by atoms with E-state index in [1.165, 1.54) is 0 Å². The van der Waals surface area contributed by atoms with Gasteiger partial charge in [-0.05, 0) is 31.1 Å². The molecular formula is C12H17BN2O2S. The fourth-order valence-electron chi connectivity index (χ4n) is 2.02. The summed E-state index contributed by atoms with van der Waals surface area (Å²) in [6.45, 7) is 0.864. The third-order valence-corrected chi connectivity index (χ3v) is 3.57. The van der Waals surface area contributed by atoms with E-state index in [1.54, 1.807) is 11.8 Å². The standard InChI is InChI=1S/C12H17BN2O2S/c1-18-12-14-10-6-2-3-7-11(10)15(12)9-5-4-8-13(16)17/h2-3,6-7,16-17H,4-5,8-9H2,1H3. The van der Waals surface area contributed by atoms with E-state index in [0.29, 0.717) is 6.32 Å². The number of benzene rings is 1. The average molecular weight is 264 g/mol. The summed E-state index contributed by atoms with van der Waals surface area (Å²) < 4.78 is 2.20. The molecule has 2 aromatic rings. The number of fused-ring (bicyclic) bond motifs is 1. The highest BCUT2D eigenvalue weighted by Gasteiger charge is 2.10. The van der Waals surface area contributed by atoms with Gasteiger partial charge in [0.2, 0.25) is 0 Å². The molecule has 0 aliphatic carbocycles. The SMILES string of the molecule is CSc1nc2ccccc2n1CCCCB(O)O. The maximum Gasteiger partial charge on any atom is 0.451 e. The molecular weight excluding hydrogens is 247 g/mol. The molecule has 0 aliphatic rings. The zero-order valence-corrected chi connectivity index (χ0v) is 11.2. The predicted octanol–water partition coefficient (Wildman–Crippen LogP) is 2.01.